The Kier molecular flexibility index (Phi) is 3.65. The lowest BCUT2D eigenvalue weighted by Gasteiger charge is -2.06. The van der Waals surface area contributed by atoms with Gasteiger partial charge in [-0.1, -0.05) is 23.2 Å². The molecule has 20 heavy (non-hydrogen) atoms. The molecule has 1 N–H and O–H groups in total. The number of halogens is 2. The predicted molar refractivity (Wildman–Crippen MR) is 81.9 cm³/mol. The first kappa shape index (κ1) is 13.4. The number of imidazole rings is 1. The van der Waals surface area contributed by atoms with Crippen LogP contribution in [0.3, 0.4) is 0 Å². The maximum absolute atomic E-state index is 12.0. The number of rotatable bonds is 3. The Hall–Kier alpha value is -1.56. The highest BCUT2D eigenvalue weighted by atomic mass is 35.5. The maximum atomic E-state index is 12.0. The van der Waals surface area contributed by atoms with Gasteiger partial charge in [0.2, 0.25) is 5.91 Å². The van der Waals surface area contributed by atoms with E-state index in [1.54, 1.807) is 18.2 Å². The van der Waals surface area contributed by atoms with Gasteiger partial charge in [0.15, 0.2) is 4.96 Å². The van der Waals surface area contributed by atoms with Gasteiger partial charge in [-0.15, -0.1) is 11.3 Å². The molecule has 0 radical (unpaired) electrons. The maximum Gasteiger partial charge on any atom is 0.230 e. The van der Waals surface area contributed by atoms with Crippen molar-refractivity contribution in [1.82, 2.24) is 9.38 Å². The van der Waals surface area contributed by atoms with Gasteiger partial charge in [-0.05, 0) is 18.2 Å². The molecule has 0 unspecified atom stereocenters. The first-order valence-electron chi connectivity index (χ1n) is 5.78. The normalized spacial score (nSPS) is 10.9. The van der Waals surface area contributed by atoms with E-state index in [-0.39, 0.29) is 12.3 Å². The molecular formula is C13H9Cl2N3OS. The van der Waals surface area contributed by atoms with E-state index in [1.165, 1.54) is 11.3 Å². The third-order valence-electron chi connectivity index (χ3n) is 2.69. The van der Waals surface area contributed by atoms with Crippen molar-refractivity contribution in [3.05, 3.63) is 51.7 Å². The summed E-state index contributed by atoms with van der Waals surface area (Å²) >= 11 is 13.4. The highest BCUT2D eigenvalue weighted by Gasteiger charge is 2.10. The van der Waals surface area contributed by atoms with E-state index < -0.39 is 0 Å². The third kappa shape index (κ3) is 2.80. The minimum atomic E-state index is -0.181. The molecular weight excluding hydrogens is 317 g/mol. The zero-order valence-electron chi connectivity index (χ0n) is 10.1. The summed E-state index contributed by atoms with van der Waals surface area (Å²) in [5.41, 5.74) is 1.22. The van der Waals surface area contributed by atoms with Gasteiger partial charge in [-0.25, -0.2) is 4.98 Å². The second-order valence-corrected chi connectivity index (χ2v) is 5.89. The average molecular weight is 326 g/mol. The number of benzene rings is 1. The minimum Gasteiger partial charge on any atom is -0.324 e. The number of carbonyl (C=O) groups is 1. The Morgan fingerprint density at radius 2 is 2.25 bits per heavy atom. The fourth-order valence-electron chi connectivity index (χ4n) is 1.81. The summed E-state index contributed by atoms with van der Waals surface area (Å²) in [5.74, 6) is -0.181. The standard InChI is InChI=1S/C13H9Cl2N3OS/c14-8-1-2-10(15)11(5-8)17-12(19)6-9-7-18-3-4-20-13(18)16-9/h1-5,7H,6H2,(H,17,19). The van der Waals surface area contributed by atoms with Gasteiger partial charge < -0.3 is 5.32 Å². The van der Waals surface area contributed by atoms with Crippen molar-refractivity contribution in [2.75, 3.05) is 5.32 Å². The molecule has 2 aromatic heterocycles. The van der Waals surface area contributed by atoms with E-state index >= 15 is 0 Å². The Bertz CT molecular complexity index is 752. The van der Waals surface area contributed by atoms with E-state index in [0.717, 1.165) is 4.96 Å². The molecule has 102 valence electrons. The number of thiazole rings is 1. The summed E-state index contributed by atoms with van der Waals surface area (Å²) in [6.07, 6.45) is 3.93. The molecule has 1 amide bonds. The summed E-state index contributed by atoms with van der Waals surface area (Å²) in [6, 6.07) is 4.93. The largest absolute Gasteiger partial charge is 0.324 e. The van der Waals surface area contributed by atoms with Gasteiger partial charge in [-0.3, -0.25) is 9.20 Å². The van der Waals surface area contributed by atoms with E-state index in [4.69, 9.17) is 23.2 Å². The number of aromatic nitrogens is 2. The van der Waals surface area contributed by atoms with E-state index in [1.807, 2.05) is 22.2 Å². The van der Waals surface area contributed by atoms with Gasteiger partial charge in [0, 0.05) is 22.8 Å². The van der Waals surface area contributed by atoms with Gasteiger partial charge in [-0.2, -0.15) is 0 Å². The van der Waals surface area contributed by atoms with Crippen LogP contribution in [0.4, 0.5) is 5.69 Å². The molecule has 3 rings (SSSR count). The van der Waals surface area contributed by atoms with Gasteiger partial charge in [0.05, 0.1) is 22.8 Å². The molecule has 0 saturated carbocycles. The monoisotopic (exact) mass is 325 g/mol. The topological polar surface area (TPSA) is 46.4 Å². The molecule has 1 aromatic carbocycles. The molecule has 0 atom stereocenters. The number of hydrogen-bond acceptors (Lipinski definition) is 3. The lowest BCUT2D eigenvalue weighted by atomic mass is 10.3. The number of carbonyl (C=O) groups excluding carboxylic acids is 1. The molecule has 4 nitrogen and oxygen atoms in total. The molecule has 3 aromatic rings. The number of nitrogens with one attached hydrogen (secondary N) is 1. The summed E-state index contributed by atoms with van der Waals surface area (Å²) in [5, 5.41) is 5.65. The van der Waals surface area contributed by atoms with Crippen LogP contribution in [0, 0.1) is 0 Å². The van der Waals surface area contributed by atoms with Crippen LogP contribution in [0.5, 0.6) is 0 Å². The number of anilines is 1. The second kappa shape index (κ2) is 5.44. The van der Waals surface area contributed by atoms with Crippen LogP contribution in [0.1, 0.15) is 5.69 Å². The van der Waals surface area contributed by atoms with Crippen LogP contribution in [0.15, 0.2) is 36.0 Å². The van der Waals surface area contributed by atoms with Crippen molar-refractivity contribution in [1.29, 1.82) is 0 Å². The van der Waals surface area contributed by atoms with Crippen molar-refractivity contribution in [2.45, 2.75) is 6.42 Å². The SMILES string of the molecule is O=C(Cc1cn2ccsc2n1)Nc1cc(Cl)ccc1Cl. The zero-order chi connectivity index (χ0) is 14.1. The van der Waals surface area contributed by atoms with Crippen molar-refractivity contribution in [3.8, 4) is 0 Å². The van der Waals surface area contributed by atoms with Gasteiger partial charge in [0.25, 0.3) is 0 Å². The van der Waals surface area contributed by atoms with Crippen LogP contribution in [-0.4, -0.2) is 15.3 Å². The molecule has 0 aliphatic rings. The highest BCUT2D eigenvalue weighted by molar-refractivity contribution is 7.15. The van der Waals surface area contributed by atoms with Crippen LogP contribution in [0.25, 0.3) is 4.96 Å². The van der Waals surface area contributed by atoms with Crippen molar-refractivity contribution < 1.29 is 4.79 Å². The molecule has 0 aliphatic heterocycles. The number of nitrogens with zero attached hydrogens (tertiary/aromatic N) is 2. The van der Waals surface area contributed by atoms with Crippen LogP contribution >= 0.6 is 34.5 Å². The van der Waals surface area contributed by atoms with E-state index in [0.29, 0.717) is 21.4 Å². The van der Waals surface area contributed by atoms with Crippen molar-refractivity contribution >= 4 is 51.1 Å². The Balaban J connectivity index is 1.73. The van der Waals surface area contributed by atoms with Crippen LogP contribution < -0.4 is 5.32 Å². The first-order chi connectivity index (χ1) is 9.61. The number of hydrogen-bond donors (Lipinski definition) is 1. The first-order valence-corrected chi connectivity index (χ1v) is 7.41. The molecule has 7 heteroatoms. The highest BCUT2D eigenvalue weighted by Crippen LogP contribution is 2.25. The zero-order valence-corrected chi connectivity index (χ0v) is 12.5. The van der Waals surface area contributed by atoms with Crippen LogP contribution in [0.2, 0.25) is 10.0 Å². The molecule has 0 bridgehead atoms. The second-order valence-electron chi connectivity index (χ2n) is 4.17. The average Bonchev–Trinajstić information content (AvgIpc) is 2.94. The fraction of sp³-hybridized carbons (Fsp3) is 0.0769. The minimum absolute atomic E-state index is 0.181. The summed E-state index contributed by atoms with van der Waals surface area (Å²) in [4.78, 5) is 17.2. The van der Waals surface area contributed by atoms with Gasteiger partial charge >= 0.3 is 0 Å². The fourth-order valence-corrected chi connectivity index (χ4v) is 2.87. The molecule has 0 spiro atoms. The molecule has 0 fully saturated rings. The molecule has 0 saturated heterocycles. The Morgan fingerprint density at radius 3 is 3.05 bits per heavy atom. The predicted octanol–water partition coefficient (Wildman–Crippen LogP) is 3.88. The lowest BCUT2D eigenvalue weighted by molar-refractivity contribution is -0.115. The third-order valence-corrected chi connectivity index (χ3v) is 4.02. The number of fused-ring (bicyclic) bond motifs is 1. The lowest BCUT2D eigenvalue weighted by Crippen LogP contribution is -2.14. The Morgan fingerprint density at radius 1 is 1.40 bits per heavy atom. The van der Waals surface area contributed by atoms with Crippen LogP contribution in [-0.2, 0) is 11.2 Å². The Labute approximate surface area is 129 Å². The molecule has 0 aliphatic carbocycles. The smallest absolute Gasteiger partial charge is 0.230 e. The summed E-state index contributed by atoms with van der Waals surface area (Å²) in [7, 11) is 0. The quantitative estimate of drug-likeness (QED) is 0.794. The van der Waals surface area contributed by atoms with Crippen molar-refractivity contribution in [3.63, 3.8) is 0 Å². The van der Waals surface area contributed by atoms with E-state index in [9.17, 15) is 4.79 Å². The van der Waals surface area contributed by atoms with Crippen molar-refractivity contribution in [2.24, 2.45) is 0 Å². The van der Waals surface area contributed by atoms with E-state index in [2.05, 4.69) is 10.3 Å². The summed E-state index contributed by atoms with van der Waals surface area (Å²) in [6.45, 7) is 0. The number of amides is 1. The van der Waals surface area contributed by atoms with Gasteiger partial charge in [0.1, 0.15) is 0 Å². The molecule has 2 heterocycles. The summed E-state index contributed by atoms with van der Waals surface area (Å²) < 4.78 is 1.89.